The Bertz CT molecular complexity index is 771. The van der Waals surface area contributed by atoms with E-state index in [1.807, 2.05) is 49.0 Å². The molecule has 3 aromatic rings. The fourth-order valence-electron chi connectivity index (χ4n) is 2.55. The van der Waals surface area contributed by atoms with Gasteiger partial charge in [0.1, 0.15) is 0 Å². The van der Waals surface area contributed by atoms with E-state index in [4.69, 9.17) is 4.74 Å². The lowest BCUT2D eigenvalue weighted by Gasteiger charge is -2.03. The number of aryl methyl sites for hydroxylation is 1. The lowest BCUT2D eigenvalue weighted by molar-refractivity contribution is 0.0528. The van der Waals surface area contributed by atoms with Crippen LogP contribution in [0.4, 0.5) is 0 Å². The van der Waals surface area contributed by atoms with Crippen molar-refractivity contribution in [2.45, 2.75) is 6.92 Å². The van der Waals surface area contributed by atoms with Gasteiger partial charge < -0.3 is 9.30 Å². The maximum atomic E-state index is 12.0. The number of hydrogen-bond acceptors (Lipinski definition) is 2. The van der Waals surface area contributed by atoms with Gasteiger partial charge in [0.15, 0.2) is 0 Å². The van der Waals surface area contributed by atoms with Gasteiger partial charge in [0.25, 0.3) is 0 Å². The SMILES string of the molecule is CCOC(=O)c1cn(C)c2c1ccc1ccccc12. The quantitative estimate of drug-likeness (QED) is 0.654. The summed E-state index contributed by atoms with van der Waals surface area (Å²) in [5.74, 6) is -0.261. The molecule has 0 aliphatic heterocycles. The van der Waals surface area contributed by atoms with Crippen molar-refractivity contribution in [2.24, 2.45) is 7.05 Å². The predicted molar refractivity (Wildman–Crippen MR) is 76.4 cm³/mol. The molecular weight excluding hydrogens is 238 g/mol. The summed E-state index contributed by atoms with van der Waals surface area (Å²) in [6.07, 6.45) is 1.84. The summed E-state index contributed by atoms with van der Waals surface area (Å²) in [4.78, 5) is 12.0. The van der Waals surface area contributed by atoms with Crippen LogP contribution >= 0.6 is 0 Å². The molecule has 0 bridgehead atoms. The van der Waals surface area contributed by atoms with Crippen molar-refractivity contribution in [3.63, 3.8) is 0 Å². The van der Waals surface area contributed by atoms with Crippen LogP contribution in [-0.2, 0) is 11.8 Å². The van der Waals surface area contributed by atoms with Crippen molar-refractivity contribution in [3.05, 3.63) is 48.2 Å². The average Bonchev–Trinajstić information content (AvgIpc) is 2.77. The molecular formula is C16H15NO2. The molecule has 1 heterocycles. The molecule has 3 nitrogen and oxygen atoms in total. The third-order valence-corrected chi connectivity index (χ3v) is 3.36. The molecule has 3 heteroatoms. The first-order valence-corrected chi connectivity index (χ1v) is 6.36. The van der Waals surface area contributed by atoms with Crippen LogP contribution in [0.2, 0.25) is 0 Å². The molecule has 0 spiro atoms. The smallest absolute Gasteiger partial charge is 0.340 e. The van der Waals surface area contributed by atoms with E-state index in [-0.39, 0.29) is 5.97 Å². The largest absolute Gasteiger partial charge is 0.462 e. The van der Waals surface area contributed by atoms with Crippen molar-refractivity contribution in [1.29, 1.82) is 0 Å². The molecule has 0 saturated carbocycles. The molecule has 0 saturated heterocycles. The van der Waals surface area contributed by atoms with Gasteiger partial charge in [-0.2, -0.15) is 0 Å². The number of carbonyl (C=O) groups excluding carboxylic acids is 1. The van der Waals surface area contributed by atoms with Crippen LogP contribution in [-0.4, -0.2) is 17.1 Å². The van der Waals surface area contributed by atoms with E-state index in [1.54, 1.807) is 0 Å². The van der Waals surface area contributed by atoms with Crippen LogP contribution in [0.5, 0.6) is 0 Å². The third kappa shape index (κ3) is 1.78. The van der Waals surface area contributed by atoms with Gasteiger partial charge in [-0.05, 0) is 12.3 Å². The molecule has 0 aliphatic rings. The van der Waals surface area contributed by atoms with Crippen molar-refractivity contribution in [3.8, 4) is 0 Å². The summed E-state index contributed by atoms with van der Waals surface area (Å²) >= 11 is 0. The van der Waals surface area contributed by atoms with Crippen LogP contribution in [0.1, 0.15) is 17.3 Å². The highest BCUT2D eigenvalue weighted by atomic mass is 16.5. The van der Waals surface area contributed by atoms with E-state index in [9.17, 15) is 4.79 Å². The van der Waals surface area contributed by atoms with Crippen LogP contribution < -0.4 is 0 Å². The van der Waals surface area contributed by atoms with E-state index in [0.29, 0.717) is 12.2 Å². The molecule has 0 radical (unpaired) electrons. The van der Waals surface area contributed by atoms with Crippen LogP contribution in [0.3, 0.4) is 0 Å². The second-order valence-corrected chi connectivity index (χ2v) is 4.56. The molecule has 19 heavy (non-hydrogen) atoms. The van der Waals surface area contributed by atoms with Crippen molar-refractivity contribution < 1.29 is 9.53 Å². The van der Waals surface area contributed by atoms with Gasteiger partial charge in [0, 0.05) is 24.0 Å². The van der Waals surface area contributed by atoms with E-state index in [2.05, 4.69) is 12.1 Å². The Hall–Kier alpha value is -2.29. The monoisotopic (exact) mass is 253 g/mol. The number of rotatable bonds is 2. The Labute approximate surface area is 111 Å². The Morgan fingerprint density at radius 1 is 1.16 bits per heavy atom. The first-order valence-electron chi connectivity index (χ1n) is 6.36. The average molecular weight is 253 g/mol. The third-order valence-electron chi connectivity index (χ3n) is 3.36. The first kappa shape index (κ1) is 11.8. The first-order chi connectivity index (χ1) is 9.22. The number of carbonyl (C=O) groups is 1. The van der Waals surface area contributed by atoms with E-state index in [1.165, 1.54) is 5.39 Å². The van der Waals surface area contributed by atoms with Crippen molar-refractivity contribution >= 4 is 27.6 Å². The van der Waals surface area contributed by atoms with Crippen LogP contribution in [0.25, 0.3) is 21.7 Å². The molecule has 1 aromatic heterocycles. The number of nitrogens with zero attached hydrogens (tertiary/aromatic N) is 1. The number of ether oxygens (including phenoxy) is 1. The second kappa shape index (κ2) is 4.43. The van der Waals surface area contributed by atoms with Crippen LogP contribution in [0.15, 0.2) is 42.6 Å². The predicted octanol–water partition coefficient (Wildman–Crippen LogP) is 3.51. The van der Waals surface area contributed by atoms with Gasteiger partial charge in [-0.3, -0.25) is 0 Å². The minimum atomic E-state index is -0.261. The fourth-order valence-corrected chi connectivity index (χ4v) is 2.55. The zero-order valence-electron chi connectivity index (χ0n) is 11.0. The Morgan fingerprint density at radius 2 is 1.95 bits per heavy atom. The summed E-state index contributed by atoms with van der Waals surface area (Å²) in [5, 5.41) is 3.27. The van der Waals surface area contributed by atoms with E-state index >= 15 is 0 Å². The molecule has 0 fully saturated rings. The van der Waals surface area contributed by atoms with E-state index in [0.717, 1.165) is 16.3 Å². The molecule has 0 atom stereocenters. The summed E-state index contributed by atoms with van der Waals surface area (Å²) in [7, 11) is 1.96. The Morgan fingerprint density at radius 3 is 2.74 bits per heavy atom. The molecule has 0 N–H and O–H groups in total. The number of esters is 1. The zero-order chi connectivity index (χ0) is 13.4. The summed E-state index contributed by atoms with van der Waals surface area (Å²) in [6, 6.07) is 12.2. The molecule has 0 aliphatic carbocycles. The molecule has 0 amide bonds. The Kier molecular flexibility index (Phi) is 2.75. The number of aromatic nitrogens is 1. The number of hydrogen-bond donors (Lipinski definition) is 0. The Balaban J connectivity index is 2.34. The van der Waals surface area contributed by atoms with Gasteiger partial charge in [-0.25, -0.2) is 4.79 Å². The van der Waals surface area contributed by atoms with Gasteiger partial charge >= 0.3 is 5.97 Å². The highest BCUT2D eigenvalue weighted by molar-refractivity contribution is 6.13. The van der Waals surface area contributed by atoms with Crippen LogP contribution in [0, 0.1) is 0 Å². The summed E-state index contributed by atoms with van der Waals surface area (Å²) in [5.41, 5.74) is 1.70. The minimum absolute atomic E-state index is 0.261. The molecule has 3 rings (SSSR count). The van der Waals surface area contributed by atoms with Gasteiger partial charge in [0.05, 0.1) is 17.7 Å². The topological polar surface area (TPSA) is 31.2 Å². The molecule has 2 aromatic carbocycles. The highest BCUT2D eigenvalue weighted by Crippen LogP contribution is 2.29. The number of fused-ring (bicyclic) bond motifs is 3. The van der Waals surface area contributed by atoms with Crippen molar-refractivity contribution in [2.75, 3.05) is 6.61 Å². The second-order valence-electron chi connectivity index (χ2n) is 4.56. The highest BCUT2D eigenvalue weighted by Gasteiger charge is 2.16. The summed E-state index contributed by atoms with van der Waals surface area (Å²) < 4.78 is 7.10. The fraction of sp³-hybridized carbons (Fsp3) is 0.188. The molecule has 0 unspecified atom stereocenters. The summed E-state index contributed by atoms with van der Waals surface area (Å²) in [6.45, 7) is 2.21. The normalized spacial score (nSPS) is 11.1. The van der Waals surface area contributed by atoms with Crippen molar-refractivity contribution in [1.82, 2.24) is 4.57 Å². The van der Waals surface area contributed by atoms with Gasteiger partial charge in [-0.15, -0.1) is 0 Å². The van der Waals surface area contributed by atoms with Gasteiger partial charge in [-0.1, -0.05) is 36.4 Å². The lowest BCUT2D eigenvalue weighted by atomic mass is 10.1. The number of benzene rings is 2. The standard InChI is InChI=1S/C16H15NO2/c1-3-19-16(18)14-10-17(2)15-12-7-5-4-6-11(12)8-9-13(14)15/h4-10H,3H2,1-2H3. The minimum Gasteiger partial charge on any atom is -0.462 e. The maximum Gasteiger partial charge on any atom is 0.340 e. The lowest BCUT2D eigenvalue weighted by Crippen LogP contribution is -2.03. The molecule has 96 valence electrons. The van der Waals surface area contributed by atoms with Gasteiger partial charge in [0.2, 0.25) is 0 Å². The van der Waals surface area contributed by atoms with E-state index < -0.39 is 0 Å². The zero-order valence-corrected chi connectivity index (χ0v) is 11.0. The maximum absolute atomic E-state index is 12.0.